The van der Waals surface area contributed by atoms with Crippen molar-refractivity contribution in [1.82, 2.24) is 0 Å². The zero-order valence-electron chi connectivity index (χ0n) is 14.1. The number of ketones is 1. The Morgan fingerprint density at radius 2 is 1.12 bits per heavy atom. The molecule has 1 heteroatoms. The number of benzene rings is 5. The van der Waals surface area contributed by atoms with E-state index in [1.54, 1.807) is 0 Å². The molecule has 0 amide bonds. The van der Waals surface area contributed by atoms with Gasteiger partial charge in [-0.25, -0.2) is 0 Å². The first-order chi connectivity index (χ1) is 12.8. The third-order valence-electron chi connectivity index (χ3n) is 5.00. The molecule has 1 nitrogen and oxygen atoms in total. The van der Waals surface area contributed by atoms with Gasteiger partial charge in [0.05, 0.1) is 0 Å². The van der Waals surface area contributed by atoms with E-state index in [0.29, 0.717) is 0 Å². The van der Waals surface area contributed by atoms with Crippen LogP contribution >= 0.6 is 0 Å². The zero-order valence-corrected chi connectivity index (χ0v) is 14.1. The molecule has 0 fully saturated rings. The molecule has 0 saturated carbocycles. The summed E-state index contributed by atoms with van der Waals surface area (Å²) in [6, 6.07) is 32.6. The molecule has 0 atom stereocenters. The summed E-state index contributed by atoms with van der Waals surface area (Å²) in [5.41, 5.74) is 1.48. The molecule has 122 valence electrons. The second-order valence-electron chi connectivity index (χ2n) is 6.62. The molecule has 5 aromatic rings. The van der Waals surface area contributed by atoms with E-state index in [1.807, 2.05) is 72.8 Å². The van der Waals surface area contributed by atoms with E-state index in [-0.39, 0.29) is 5.78 Å². The molecule has 0 radical (unpaired) electrons. The number of carbonyl (C=O) groups is 1. The van der Waals surface area contributed by atoms with Gasteiger partial charge in [-0.3, -0.25) is 4.79 Å². The summed E-state index contributed by atoms with van der Waals surface area (Å²) < 4.78 is 0. The van der Waals surface area contributed by atoms with Crippen molar-refractivity contribution in [2.24, 2.45) is 0 Å². The van der Waals surface area contributed by atoms with Crippen LogP contribution in [0.3, 0.4) is 0 Å². The van der Waals surface area contributed by atoms with E-state index in [4.69, 9.17) is 0 Å². The van der Waals surface area contributed by atoms with Crippen molar-refractivity contribution >= 4 is 38.1 Å². The minimum Gasteiger partial charge on any atom is -0.289 e. The molecule has 0 aliphatic carbocycles. The normalized spacial score (nSPS) is 11.2. The molecule has 5 rings (SSSR count). The van der Waals surface area contributed by atoms with Crippen LogP contribution < -0.4 is 0 Å². The van der Waals surface area contributed by atoms with E-state index >= 15 is 0 Å². The van der Waals surface area contributed by atoms with Crippen LogP contribution in [0.2, 0.25) is 0 Å². The topological polar surface area (TPSA) is 17.1 Å². The lowest BCUT2D eigenvalue weighted by Crippen LogP contribution is -2.02. The van der Waals surface area contributed by atoms with Gasteiger partial charge in [-0.2, -0.15) is 0 Å². The monoisotopic (exact) mass is 332 g/mol. The van der Waals surface area contributed by atoms with Crippen molar-refractivity contribution in [3.63, 3.8) is 0 Å². The molecule has 0 aliphatic heterocycles. The first-order valence-corrected chi connectivity index (χ1v) is 8.75. The van der Waals surface area contributed by atoms with Crippen molar-refractivity contribution < 1.29 is 4.79 Å². The Balaban J connectivity index is 1.68. The molecule has 0 aliphatic rings. The third kappa shape index (κ3) is 2.37. The summed E-state index contributed by atoms with van der Waals surface area (Å²) in [7, 11) is 0. The molecular formula is C25H16O. The van der Waals surface area contributed by atoms with E-state index < -0.39 is 0 Å². The molecule has 0 bridgehead atoms. The molecule has 0 spiro atoms. The molecule has 0 unspecified atom stereocenters. The minimum atomic E-state index is 0.0665. The van der Waals surface area contributed by atoms with E-state index in [0.717, 1.165) is 32.7 Å². The van der Waals surface area contributed by atoms with Gasteiger partial charge >= 0.3 is 0 Å². The molecule has 5 aromatic carbocycles. The van der Waals surface area contributed by atoms with Crippen LogP contribution in [-0.4, -0.2) is 5.78 Å². The van der Waals surface area contributed by atoms with Gasteiger partial charge in [-0.05, 0) is 50.5 Å². The van der Waals surface area contributed by atoms with Gasteiger partial charge in [0.2, 0.25) is 0 Å². The molecular weight excluding hydrogens is 316 g/mol. The summed E-state index contributed by atoms with van der Waals surface area (Å²) >= 11 is 0. The minimum absolute atomic E-state index is 0.0665. The zero-order chi connectivity index (χ0) is 17.5. The van der Waals surface area contributed by atoms with E-state index in [9.17, 15) is 4.79 Å². The molecule has 0 aromatic heterocycles. The number of hydrogen-bond acceptors (Lipinski definition) is 1. The average molecular weight is 332 g/mol. The fourth-order valence-corrected chi connectivity index (χ4v) is 3.66. The smallest absolute Gasteiger partial charge is 0.193 e. The lowest BCUT2D eigenvalue weighted by molar-refractivity contribution is 0.104. The highest BCUT2D eigenvalue weighted by molar-refractivity contribution is 6.17. The van der Waals surface area contributed by atoms with Crippen molar-refractivity contribution in [1.29, 1.82) is 0 Å². The summed E-state index contributed by atoms with van der Waals surface area (Å²) in [4.78, 5) is 13.2. The Bertz CT molecular complexity index is 1290. The Morgan fingerprint density at radius 3 is 1.92 bits per heavy atom. The predicted octanol–water partition coefficient (Wildman–Crippen LogP) is 6.38. The second kappa shape index (κ2) is 5.82. The maximum absolute atomic E-state index is 13.2. The molecule has 0 saturated heterocycles. The Morgan fingerprint density at radius 1 is 0.500 bits per heavy atom. The first kappa shape index (κ1) is 14.9. The summed E-state index contributed by atoms with van der Waals surface area (Å²) in [6.07, 6.45) is 0. The second-order valence-corrected chi connectivity index (χ2v) is 6.62. The van der Waals surface area contributed by atoms with E-state index in [1.165, 1.54) is 10.8 Å². The Hall–Kier alpha value is -3.45. The van der Waals surface area contributed by atoms with E-state index in [2.05, 4.69) is 24.3 Å². The highest BCUT2D eigenvalue weighted by atomic mass is 16.1. The van der Waals surface area contributed by atoms with Gasteiger partial charge in [0.25, 0.3) is 0 Å². The maximum Gasteiger partial charge on any atom is 0.193 e. The van der Waals surface area contributed by atoms with Gasteiger partial charge < -0.3 is 0 Å². The van der Waals surface area contributed by atoms with Crippen LogP contribution in [0.5, 0.6) is 0 Å². The third-order valence-corrected chi connectivity index (χ3v) is 5.00. The van der Waals surface area contributed by atoms with Gasteiger partial charge in [0.15, 0.2) is 5.78 Å². The number of fused-ring (bicyclic) bond motifs is 3. The Labute approximate surface area is 151 Å². The standard InChI is InChI=1S/C25H16O/c26-25(24-11-5-9-17-6-3-4-10-23(17)24)21-13-12-20-14-18-7-1-2-8-19(18)15-22(20)16-21/h1-16H. The van der Waals surface area contributed by atoms with Crippen LogP contribution in [0.15, 0.2) is 97.1 Å². The summed E-state index contributed by atoms with van der Waals surface area (Å²) in [6.45, 7) is 0. The largest absolute Gasteiger partial charge is 0.289 e. The summed E-state index contributed by atoms with van der Waals surface area (Å²) in [5.74, 6) is 0.0665. The number of rotatable bonds is 2. The van der Waals surface area contributed by atoms with Crippen LogP contribution in [0.4, 0.5) is 0 Å². The van der Waals surface area contributed by atoms with Gasteiger partial charge in [-0.1, -0.05) is 78.9 Å². The van der Waals surface area contributed by atoms with Gasteiger partial charge in [0.1, 0.15) is 0 Å². The number of carbonyl (C=O) groups excluding carboxylic acids is 1. The molecule has 26 heavy (non-hydrogen) atoms. The van der Waals surface area contributed by atoms with Crippen molar-refractivity contribution in [3.8, 4) is 0 Å². The van der Waals surface area contributed by atoms with Crippen LogP contribution in [0.1, 0.15) is 15.9 Å². The molecule has 0 heterocycles. The maximum atomic E-state index is 13.2. The molecule has 0 N–H and O–H groups in total. The quantitative estimate of drug-likeness (QED) is 0.271. The fourth-order valence-electron chi connectivity index (χ4n) is 3.66. The highest BCUT2D eigenvalue weighted by Crippen LogP contribution is 2.26. The Kier molecular flexibility index (Phi) is 3.32. The van der Waals surface area contributed by atoms with Gasteiger partial charge in [-0.15, -0.1) is 0 Å². The lowest BCUT2D eigenvalue weighted by atomic mass is 9.95. The SMILES string of the molecule is O=C(c1ccc2cc3ccccc3cc2c1)c1cccc2ccccc12. The van der Waals surface area contributed by atoms with Crippen molar-refractivity contribution in [2.45, 2.75) is 0 Å². The van der Waals surface area contributed by atoms with Crippen molar-refractivity contribution in [3.05, 3.63) is 108 Å². The average Bonchev–Trinajstić information content (AvgIpc) is 2.71. The van der Waals surface area contributed by atoms with Gasteiger partial charge in [0, 0.05) is 11.1 Å². The van der Waals surface area contributed by atoms with Crippen molar-refractivity contribution in [2.75, 3.05) is 0 Å². The highest BCUT2D eigenvalue weighted by Gasteiger charge is 2.13. The fraction of sp³-hybridized carbons (Fsp3) is 0. The van der Waals surface area contributed by atoms with Crippen LogP contribution in [0.25, 0.3) is 32.3 Å². The van der Waals surface area contributed by atoms with Crippen LogP contribution in [-0.2, 0) is 0 Å². The first-order valence-electron chi connectivity index (χ1n) is 8.75. The predicted molar refractivity (Wildman–Crippen MR) is 109 cm³/mol. The number of hydrogen-bond donors (Lipinski definition) is 0. The summed E-state index contributed by atoms with van der Waals surface area (Å²) in [5, 5.41) is 6.74. The lowest BCUT2D eigenvalue weighted by Gasteiger charge is -2.08. The van der Waals surface area contributed by atoms with Crippen LogP contribution in [0, 0.1) is 0 Å².